The van der Waals surface area contributed by atoms with Crippen LogP contribution in [0.5, 0.6) is 0 Å². The summed E-state index contributed by atoms with van der Waals surface area (Å²) in [6.07, 6.45) is 3.32. The van der Waals surface area contributed by atoms with E-state index in [1.165, 1.54) is 11.7 Å². The Balaban J connectivity index is 3.15. The van der Waals surface area contributed by atoms with E-state index in [2.05, 4.69) is 0 Å². The summed E-state index contributed by atoms with van der Waals surface area (Å²) in [5, 5.41) is 8.89. The van der Waals surface area contributed by atoms with E-state index in [-0.39, 0.29) is 5.70 Å². The van der Waals surface area contributed by atoms with Crippen LogP contribution in [0, 0.1) is 0 Å². The van der Waals surface area contributed by atoms with Crippen molar-refractivity contribution in [1.29, 1.82) is 0 Å². The van der Waals surface area contributed by atoms with Crippen molar-refractivity contribution < 1.29 is 14.6 Å². The first kappa shape index (κ1) is 9.38. The second-order valence-corrected chi connectivity index (χ2v) is 2.50. The number of allylic oxidation sites excluding steroid dienone is 1. The lowest BCUT2D eigenvalue weighted by Gasteiger charge is -2.07. The number of hydrogen-bond acceptors (Lipinski definition) is 2. The maximum absolute atomic E-state index is 10.8. The summed E-state index contributed by atoms with van der Waals surface area (Å²) in [5.74, 6) is -0.626. The first-order valence-corrected chi connectivity index (χ1v) is 3.78. The fraction of sp³-hybridized carbons (Fsp3) is 0.222. The highest BCUT2D eigenvalue weighted by molar-refractivity contribution is 6.09. The zero-order valence-electron chi connectivity index (χ0n) is 7.52. The molecule has 0 fully saturated rings. The summed E-state index contributed by atoms with van der Waals surface area (Å²) in [6.45, 7) is 1.61. The van der Waals surface area contributed by atoms with Gasteiger partial charge in [-0.1, -0.05) is 0 Å². The molecule has 0 aromatic carbocycles. The van der Waals surface area contributed by atoms with Crippen LogP contribution in [0.3, 0.4) is 0 Å². The lowest BCUT2D eigenvalue weighted by atomic mass is 10.3. The largest absolute Gasteiger partial charge is 0.499 e. The molecule has 1 aromatic heterocycles. The molecule has 13 heavy (non-hydrogen) atoms. The number of carbonyl (C=O) groups is 1. The lowest BCUT2D eigenvalue weighted by molar-refractivity contribution is -0.130. The third-order valence-electron chi connectivity index (χ3n) is 1.70. The van der Waals surface area contributed by atoms with E-state index < -0.39 is 5.97 Å². The molecule has 0 radical (unpaired) electrons. The number of carboxylic acids is 1. The molecule has 0 spiro atoms. The van der Waals surface area contributed by atoms with Crippen molar-refractivity contribution in [2.45, 2.75) is 6.92 Å². The summed E-state index contributed by atoms with van der Waals surface area (Å²) >= 11 is 0. The summed E-state index contributed by atoms with van der Waals surface area (Å²) in [5.41, 5.74) is 0.132. The number of methoxy groups -OCH3 is 1. The molecule has 1 rings (SSSR count). The van der Waals surface area contributed by atoms with Gasteiger partial charge < -0.3 is 14.4 Å². The van der Waals surface area contributed by atoms with Crippen LogP contribution in [0.4, 0.5) is 0 Å². The van der Waals surface area contributed by atoms with Gasteiger partial charge in [-0.25, -0.2) is 4.79 Å². The maximum atomic E-state index is 10.8. The highest BCUT2D eigenvalue weighted by Crippen LogP contribution is 2.11. The fourth-order valence-electron chi connectivity index (χ4n) is 1.02. The van der Waals surface area contributed by atoms with Crippen LogP contribution < -0.4 is 0 Å². The van der Waals surface area contributed by atoms with E-state index in [0.717, 1.165) is 0 Å². The van der Waals surface area contributed by atoms with Gasteiger partial charge in [0.1, 0.15) is 5.76 Å². The van der Waals surface area contributed by atoms with Crippen LogP contribution in [0.25, 0.3) is 5.70 Å². The van der Waals surface area contributed by atoms with Gasteiger partial charge in [-0.05, 0) is 19.1 Å². The van der Waals surface area contributed by atoms with E-state index >= 15 is 0 Å². The van der Waals surface area contributed by atoms with E-state index in [0.29, 0.717) is 5.76 Å². The Morgan fingerprint density at radius 1 is 1.38 bits per heavy atom. The number of aliphatic carboxylic acids is 1. The first-order valence-electron chi connectivity index (χ1n) is 3.78. The minimum Gasteiger partial charge on any atom is -0.499 e. The van der Waals surface area contributed by atoms with Gasteiger partial charge in [0.15, 0.2) is 5.70 Å². The predicted octanol–water partition coefficient (Wildman–Crippen LogP) is 1.41. The molecule has 0 saturated carbocycles. The number of aromatic nitrogens is 1. The van der Waals surface area contributed by atoms with Crippen LogP contribution in [-0.4, -0.2) is 22.8 Å². The minimum absolute atomic E-state index is 0.132. The van der Waals surface area contributed by atoms with Gasteiger partial charge in [-0.2, -0.15) is 0 Å². The van der Waals surface area contributed by atoms with Gasteiger partial charge in [0.05, 0.1) is 7.11 Å². The summed E-state index contributed by atoms with van der Waals surface area (Å²) in [6, 6.07) is 3.51. The van der Waals surface area contributed by atoms with Crippen molar-refractivity contribution in [1.82, 2.24) is 4.57 Å². The standard InChI is InChI=1S/C9H11NO3/c1-7(13-2)8(9(11)12)10-5-3-4-6-10/h3-6H,1-2H3,(H,11,12). The van der Waals surface area contributed by atoms with Crippen molar-refractivity contribution in [2.24, 2.45) is 0 Å². The van der Waals surface area contributed by atoms with Crippen molar-refractivity contribution >= 4 is 11.7 Å². The van der Waals surface area contributed by atoms with Crippen LogP contribution in [0.15, 0.2) is 30.3 Å². The highest BCUT2D eigenvalue weighted by Gasteiger charge is 2.13. The number of carboxylic acid groups (broad SMARTS) is 1. The van der Waals surface area contributed by atoms with Crippen LogP contribution in [0.1, 0.15) is 6.92 Å². The molecule has 0 aliphatic heterocycles. The predicted molar refractivity (Wildman–Crippen MR) is 48.0 cm³/mol. The molecular formula is C9H11NO3. The zero-order chi connectivity index (χ0) is 9.84. The van der Waals surface area contributed by atoms with Crippen molar-refractivity contribution in [3.63, 3.8) is 0 Å². The molecule has 4 heteroatoms. The molecule has 0 atom stereocenters. The molecule has 4 nitrogen and oxygen atoms in total. The average Bonchev–Trinajstić information content (AvgIpc) is 2.56. The third kappa shape index (κ3) is 1.90. The van der Waals surface area contributed by atoms with Crippen LogP contribution >= 0.6 is 0 Å². The van der Waals surface area contributed by atoms with Gasteiger partial charge in [-0.15, -0.1) is 0 Å². The maximum Gasteiger partial charge on any atom is 0.356 e. The van der Waals surface area contributed by atoms with E-state index in [1.54, 1.807) is 31.5 Å². The van der Waals surface area contributed by atoms with E-state index in [4.69, 9.17) is 9.84 Å². The smallest absolute Gasteiger partial charge is 0.356 e. The second-order valence-electron chi connectivity index (χ2n) is 2.50. The third-order valence-corrected chi connectivity index (χ3v) is 1.70. The highest BCUT2D eigenvalue weighted by atomic mass is 16.5. The molecule has 1 heterocycles. The fourth-order valence-corrected chi connectivity index (χ4v) is 1.02. The molecule has 0 saturated heterocycles. The van der Waals surface area contributed by atoms with Gasteiger partial charge in [0.2, 0.25) is 0 Å². The molecule has 0 unspecified atom stereocenters. The Labute approximate surface area is 76.1 Å². The van der Waals surface area contributed by atoms with Crippen molar-refractivity contribution in [3.8, 4) is 0 Å². The number of hydrogen-bond donors (Lipinski definition) is 1. The molecule has 1 aromatic rings. The monoisotopic (exact) mass is 181 g/mol. The quantitative estimate of drug-likeness (QED) is 0.566. The van der Waals surface area contributed by atoms with Crippen molar-refractivity contribution in [2.75, 3.05) is 7.11 Å². The molecule has 0 amide bonds. The van der Waals surface area contributed by atoms with Crippen LogP contribution in [0.2, 0.25) is 0 Å². The Hall–Kier alpha value is -1.71. The molecule has 1 N–H and O–H groups in total. The number of ether oxygens (including phenoxy) is 1. The zero-order valence-corrected chi connectivity index (χ0v) is 7.52. The Bertz CT molecular complexity index is 325. The molecule has 0 aliphatic carbocycles. The Morgan fingerprint density at radius 3 is 2.31 bits per heavy atom. The van der Waals surface area contributed by atoms with Gasteiger partial charge in [0, 0.05) is 12.4 Å². The SMILES string of the molecule is COC(C)=C(C(=O)O)n1cccc1. The summed E-state index contributed by atoms with van der Waals surface area (Å²) in [7, 11) is 1.45. The number of nitrogens with zero attached hydrogens (tertiary/aromatic N) is 1. The van der Waals surface area contributed by atoms with E-state index in [9.17, 15) is 4.79 Å². The van der Waals surface area contributed by atoms with E-state index in [1.807, 2.05) is 0 Å². The lowest BCUT2D eigenvalue weighted by Crippen LogP contribution is -2.09. The molecule has 0 bridgehead atoms. The Kier molecular flexibility index (Phi) is 2.74. The Morgan fingerprint density at radius 2 is 1.92 bits per heavy atom. The molecular weight excluding hydrogens is 170 g/mol. The topological polar surface area (TPSA) is 51.5 Å². The second kappa shape index (κ2) is 3.80. The molecule has 70 valence electrons. The minimum atomic E-state index is -1.00. The normalized spacial score (nSPS) is 12.2. The average molecular weight is 181 g/mol. The first-order chi connectivity index (χ1) is 6.16. The molecule has 0 aliphatic rings. The summed E-state index contributed by atoms with van der Waals surface area (Å²) in [4.78, 5) is 10.8. The summed E-state index contributed by atoms with van der Waals surface area (Å²) < 4.78 is 6.38. The number of rotatable bonds is 3. The van der Waals surface area contributed by atoms with Crippen LogP contribution in [-0.2, 0) is 9.53 Å². The van der Waals surface area contributed by atoms with Gasteiger partial charge in [0.25, 0.3) is 0 Å². The van der Waals surface area contributed by atoms with Crippen molar-refractivity contribution in [3.05, 3.63) is 30.3 Å². The van der Waals surface area contributed by atoms with Gasteiger partial charge >= 0.3 is 5.97 Å². The van der Waals surface area contributed by atoms with Gasteiger partial charge in [-0.3, -0.25) is 0 Å².